The maximum Gasteiger partial charge on any atom is 0.169 e. The zero-order valence-electron chi connectivity index (χ0n) is 20.4. The quantitative estimate of drug-likeness (QED) is 0.460. The van der Waals surface area contributed by atoms with Crippen molar-refractivity contribution in [3.63, 3.8) is 0 Å². The van der Waals surface area contributed by atoms with Crippen LogP contribution in [0.1, 0.15) is 67.1 Å². The van der Waals surface area contributed by atoms with Crippen molar-refractivity contribution in [3.05, 3.63) is 89.2 Å². The van der Waals surface area contributed by atoms with E-state index >= 15 is 0 Å². The second-order valence-corrected chi connectivity index (χ2v) is 10.7. The average Bonchev–Trinajstić information content (AvgIpc) is 3.37. The number of aryl methyl sites for hydroxylation is 1. The molecule has 0 aromatic heterocycles. The van der Waals surface area contributed by atoms with Crippen molar-refractivity contribution in [1.29, 1.82) is 0 Å². The van der Waals surface area contributed by atoms with E-state index in [0.717, 1.165) is 64.1 Å². The molecule has 1 heterocycles. The first-order chi connectivity index (χ1) is 17.2. The molecule has 1 N–H and O–H groups in total. The highest BCUT2D eigenvalue weighted by Gasteiger charge is 2.48. The normalized spacial score (nSPS) is 27.3. The van der Waals surface area contributed by atoms with Crippen molar-refractivity contribution >= 4 is 0 Å². The zero-order valence-corrected chi connectivity index (χ0v) is 20.4. The molecule has 0 radical (unpaired) electrons. The Balaban J connectivity index is 1.07. The van der Waals surface area contributed by atoms with Crippen molar-refractivity contribution < 1.29 is 19.3 Å². The summed E-state index contributed by atoms with van der Waals surface area (Å²) in [5, 5.41) is 10.1. The number of rotatable bonds is 7. The number of benzene rings is 2. The van der Waals surface area contributed by atoms with Crippen molar-refractivity contribution in [3.8, 4) is 5.75 Å². The van der Waals surface area contributed by atoms with Crippen LogP contribution in [0, 0.1) is 11.8 Å². The number of ether oxygens (including phenoxy) is 3. The van der Waals surface area contributed by atoms with Crippen LogP contribution < -0.4 is 0 Å². The van der Waals surface area contributed by atoms with Gasteiger partial charge in [-0.05, 0) is 96.8 Å². The third-order valence-electron chi connectivity index (χ3n) is 8.47. The molecule has 6 rings (SSSR count). The molecular weight excluding hydrogens is 436 g/mol. The van der Waals surface area contributed by atoms with E-state index in [2.05, 4.69) is 54.6 Å². The summed E-state index contributed by atoms with van der Waals surface area (Å²) >= 11 is 0. The smallest absolute Gasteiger partial charge is 0.169 e. The van der Waals surface area contributed by atoms with Gasteiger partial charge in [0.15, 0.2) is 5.79 Å². The van der Waals surface area contributed by atoms with Crippen LogP contribution in [0.3, 0.4) is 0 Å². The third-order valence-corrected chi connectivity index (χ3v) is 8.47. The third kappa shape index (κ3) is 4.79. The van der Waals surface area contributed by atoms with Gasteiger partial charge in [-0.25, -0.2) is 0 Å². The summed E-state index contributed by atoms with van der Waals surface area (Å²) in [5.74, 6) is 3.16. The van der Waals surface area contributed by atoms with Crippen LogP contribution in [-0.4, -0.2) is 30.7 Å². The fourth-order valence-electron chi connectivity index (χ4n) is 6.75. The lowest BCUT2D eigenvalue weighted by molar-refractivity contribution is -0.231. The highest BCUT2D eigenvalue weighted by Crippen LogP contribution is 2.49. The summed E-state index contributed by atoms with van der Waals surface area (Å²) < 4.78 is 17.6. The van der Waals surface area contributed by atoms with Gasteiger partial charge in [0.1, 0.15) is 11.5 Å². The Morgan fingerprint density at radius 3 is 2.63 bits per heavy atom. The van der Waals surface area contributed by atoms with Crippen molar-refractivity contribution in [2.75, 3.05) is 19.8 Å². The lowest BCUT2D eigenvalue weighted by Gasteiger charge is -2.43. The first-order valence-electron chi connectivity index (χ1n) is 13.3. The summed E-state index contributed by atoms with van der Waals surface area (Å²) in [6, 6.07) is 16.9. The Morgan fingerprint density at radius 2 is 1.86 bits per heavy atom. The summed E-state index contributed by atoms with van der Waals surface area (Å²) in [5.41, 5.74) is 4.11. The van der Waals surface area contributed by atoms with Gasteiger partial charge in [-0.3, -0.25) is 0 Å². The second kappa shape index (κ2) is 9.83. The Kier molecular flexibility index (Phi) is 6.42. The van der Waals surface area contributed by atoms with Crippen LogP contribution in [0.4, 0.5) is 0 Å². The Bertz CT molecular complexity index is 1070. The first kappa shape index (κ1) is 22.9. The average molecular weight is 473 g/mol. The van der Waals surface area contributed by atoms with Gasteiger partial charge >= 0.3 is 0 Å². The number of aromatic hydroxyl groups is 1. The molecule has 3 aliphatic carbocycles. The monoisotopic (exact) mass is 472 g/mol. The van der Waals surface area contributed by atoms with Gasteiger partial charge in [-0.1, -0.05) is 42.5 Å². The molecule has 1 saturated heterocycles. The topological polar surface area (TPSA) is 47.9 Å². The molecule has 1 aliphatic heterocycles. The molecule has 4 heteroatoms. The highest BCUT2D eigenvalue weighted by atomic mass is 16.7. The van der Waals surface area contributed by atoms with E-state index in [1.54, 1.807) is 0 Å². The van der Waals surface area contributed by atoms with Crippen molar-refractivity contribution in [2.24, 2.45) is 11.8 Å². The van der Waals surface area contributed by atoms with Gasteiger partial charge < -0.3 is 19.3 Å². The largest absolute Gasteiger partial charge is 0.508 e. The molecule has 0 amide bonds. The molecule has 2 aromatic rings. The minimum Gasteiger partial charge on any atom is -0.508 e. The summed E-state index contributed by atoms with van der Waals surface area (Å²) in [6.45, 7) is 2.26. The predicted octanol–water partition coefficient (Wildman–Crippen LogP) is 6.62. The predicted molar refractivity (Wildman–Crippen MR) is 136 cm³/mol. The molecular formula is C31H36O4. The SMILES string of the molecule is Oc1ccc2c(c1)CCC(c1ccccc1)[C@@H]2C1C=CC(OCCCC2CC3(C2)OCCO3)=CC1. The van der Waals surface area contributed by atoms with Crippen molar-refractivity contribution in [1.82, 2.24) is 0 Å². The minimum atomic E-state index is -0.233. The molecule has 4 nitrogen and oxygen atoms in total. The van der Waals surface area contributed by atoms with Crippen LogP contribution in [-0.2, 0) is 20.6 Å². The van der Waals surface area contributed by atoms with E-state index in [1.165, 1.54) is 23.1 Å². The maximum absolute atomic E-state index is 10.1. The number of hydrogen-bond acceptors (Lipinski definition) is 4. The molecule has 1 spiro atoms. The van der Waals surface area contributed by atoms with E-state index in [9.17, 15) is 5.11 Å². The van der Waals surface area contributed by atoms with Gasteiger partial charge in [0.25, 0.3) is 0 Å². The van der Waals surface area contributed by atoms with Crippen LogP contribution in [0.25, 0.3) is 0 Å². The number of hydrogen-bond donors (Lipinski definition) is 1. The van der Waals surface area contributed by atoms with Crippen LogP contribution in [0.2, 0.25) is 0 Å². The standard InChI is InChI=1S/C31H36O4/c32-26-11-15-29-25(19-26)10-14-28(23-6-2-1-3-7-23)30(29)24-8-12-27(13-9-24)33-16-4-5-22-20-31(21-22)34-17-18-35-31/h1-3,6-8,11-13,15,19,22,24,28,30,32H,4-5,9-10,14,16-18,20-21H2/t24?,28?,30-/m0/s1. The summed E-state index contributed by atoms with van der Waals surface area (Å²) in [7, 11) is 0. The van der Waals surface area contributed by atoms with Gasteiger partial charge in [0.2, 0.25) is 0 Å². The number of allylic oxidation sites excluding steroid dienone is 3. The summed E-state index contributed by atoms with van der Waals surface area (Å²) in [6.07, 6.45) is 14.3. The number of fused-ring (bicyclic) bond motifs is 1. The molecule has 2 fully saturated rings. The van der Waals surface area contributed by atoms with E-state index in [4.69, 9.17) is 14.2 Å². The van der Waals surface area contributed by atoms with E-state index in [0.29, 0.717) is 29.4 Å². The molecule has 35 heavy (non-hydrogen) atoms. The Morgan fingerprint density at radius 1 is 1.03 bits per heavy atom. The van der Waals surface area contributed by atoms with Gasteiger partial charge in [-0.15, -0.1) is 0 Å². The Hall–Kier alpha value is -2.56. The van der Waals surface area contributed by atoms with Crippen LogP contribution in [0.15, 0.2) is 72.5 Å². The van der Waals surface area contributed by atoms with Crippen molar-refractivity contribution in [2.45, 2.75) is 62.6 Å². The molecule has 2 aromatic carbocycles. The second-order valence-electron chi connectivity index (χ2n) is 10.7. The fraction of sp³-hybridized carbons (Fsp3) is 0.484. The lowest BCUT2D eigenvalue weighted by atomic mass is 9.65. The number of phenols is 1. The molecule has 184 valence electrons. The molecule has 0 bridgehead atoms. The van der Waals surface area contributed by atoms with Gasteiger partial charge in [0.05, 0.1) is 19.8 Å². The zero-order chi connectivity index (χ0) is 23.7. The van der Waals surface area contributed by atoms with E-state index < -0.39 is 0 Å². The maximum atomic E-state index is 10.1. The lowest BCUT2D eigenvalue weighted by Crippen LogP contribution is -2.44. The van der Waals surface area contributed by atoms with Crippen LogP contribution >= 0.6 is 0 Å². The number of phenolic OH excluding ortho intramolecular Hbond substituents is 1. The Labute approximate surface area is 208 Å². The van der Waals surface area contributed by atoms with Gasteiger partial charge in [-0.2, -0.15) is 0 Å². The molecule has 3 atom stereocenters. The minimum absolute atomic E-state index is 0.233. The molecule has 4 aliphatic rings. The highest BCUT2D eigenvalue weighted by molar-refractivity contribution is 5.43. The van der Waals surface area contributed by atoms with E-state index in [-0.39, 0.29) is 5.79 Å². The van der Waals surface area contributed by atoms with E-state index in [1.807, 2.05) is 12.1 Å². The molecule has 2 unspecified atom stereocenters. The van der Waals surface area contributed by atoms with Gasteiger partial charge in [0, 0.05) is 12.8 Å². The molecule has 1 saturated carbocycles. The fourth-order valence-corrected chi connectivity index (χ4v) is 6.75. The summed E-state index contributed by atoms with van der Waals surface area (Å²) in [4.78, 5) is 0. The van der Waals surface area contributed by atoms with Crippen LogP contribution in [0.5, 0.6) is 5.75 Å². The first-order valence-corrected chi connectivity index (χ1v) is 13.3.